The molecule has 3 N–H and O–H groups in total. The zero-order chi connectivity index (χ0) is 20.5. The van der Waals surface area contributed by atoms with Crippen LogP contribution in [0.1, 0.15) is 27.4 Å². The lowest BCUT2D eigenvalue weighted by molar-refractivity contribution is -0.122. The van der Waals surface area contributed by atoms with Crippen LogP contribution in [-0.2, 0) is 29.4 Å². The van der Waals surface area contributed by atoms with Crippen molar-refractivity contribution in [3.63, 3.8) is 0 Å². The first-order chi connectivity index (χ1) is 14.7. The fraction of sp³-hybridized carbons (Fsp3) is 0.190. The van der Waals surface area contributed by atoms with E-state index in [2.05, 4.69) is 20.7 Å². The van der Waals surface area contributed by atoms with Gasteiger partial charge in [-0.3, -0.25) is 9.59 Å². The highest BCUT2D eigenvalue weighted by molar-refractivity contribution is 7.98. The molecular formula is C21H19N5O3S. The highest BCUT2D eigenvalue weighted by atomic mass is 32.2. The summed E-state index contributed by atoms with van der Waals surface area (Å²) in [5.74, 6) is 2.35. The minimum atomic E-state index is -0.232. The highest BCUT2D eigenvalue weighted by Gasteiger charge is 2.25. The van der Waals surface area contributed by atoms with Crippen LogP contribution in [0.5, 0.6) is 0 Å². The van der Waals surface area contributed by atoms with Gasteiger partial charge in [0, 0.05) is 34.2 Å². The van der Waals surface area contributed by atoms with Crippen molar-refractivity contribution in [1.29, 1.82) is 0 Å². The number of amides is 2. The van der Waals surface area contributed by atoms with Crippen LogP contribution in [0, 0.1) is 0 Å². The second-order valence-corrected chi connectivity index (χ2v) is 7.97. The van der Waals surface area contributed by atoms with Crippen molar-refractivity contribution in [2.75, 3.05) is 5.32 Å². The van der Waals surface area contributed by atoms with Gasteiger partial charge in [-0.05, 0) is 18.2 Å². The molecule has 0 saturated heterocycles. The van der Waals surface area contributed by atoms with Crippen molar-refractivity contribution in [2.45, 2.75) is 24.6 Å². The van der Waals surface area contributed by atoms with Crippen LogP contribution in [0.3, 0.4) is 0 Å². The number of carbonyl (C=O) groups is 2. The van der Waals surface area contributed by atoms with Crippen molar-refractivity contribution < 1.29 is 14.0 Å². The maximum absolute atomic E-state index is 13.0. The molecule has 4 heterocycles. The van der Waals surface area contributed by atoms with E-state index in [1.165, 1.54) is 0 Å². The second kappa shape index (κ2) is 7.75. The Kier molecular flexibility index (Phi) is 4.80. The van der Waals surface area contributed by atoms with Gasteiger partial charge in [-0.25, -0.2) is 4.68 Å². The largest absolute Gasteiger partial charge is 0.467 e. The average molecular weight is 421 g/mol. The Hall–Kier alpha value is -3.46. The summed E-state index contributed by atoms with van der Waals surface area (Å²) in [6, 6.07) is 11.2. The molecule has 0 fully saturated rings. The summed E-state index contributed by atoms with van der Waals surface area (Å²) in [6.45, 7) is 0.321. The van der Waals surface area contributed by atoms with E-state index in [1.54, 1.807) is 41.0 Å². The van der Waals surface area contributed by atoms with Crippen LogP contribution in [0.25, 0.3) is 10.9 Å². The number of hydrogen-bond donors (Lipinski definition) is 3. The number of benzene rings is 1. The van der Waals surface area contributed by atoms with Crippen molar-refractivity contribution in [1.82, 2.24) is 20.1 Å². The number of nitrogens with one attached hydrogen (secondary N) is 3. The van der Waals surface area contributed by atoms with E-state index in [9.17, 15) is 9.59 Å². The minimum absolute atomic E-state index is 0.0157. The second-order valence-electron chi connectivity index (χ2n) is 6.98. The Morgan fingerprint density at radius 3 is 2.97 bits per heavy atom. The molecule has 0 spiro atoms. The van der Waals surface area contributed by atoms with E-state index in [1.807, 2.05) is 24.3 Å². The summed E-state index contributed by atoms with van der Waals surface area (Å²) >= 11 is 1.74. The van der Waals surface area contributed by atoms with Crippen molar-refractivity contribution in [3.05, 3.63) is 71.4 Å². The Bertz CT molecular complexity index is 1220. The molecule has 0 atom stereocenters. The Morgan fingerprint density at radius 1 is 1.20 bits per heavy atom. The Labute approximate surface area is 176 Å². The number of furan rings is 1. The van der Waals surface area contributed by atoms with Gasteiger partial charge in [-0.2, -0.15) is 16.9 Å². The number of hydrogen-bond acceptors (Lipinski definition) is 5. The molecule has 8 nitrogen and oxygen atoms in total. The molecule has 1 aliphatic heterocycles. The molecule has 2 amide bonds. The zero-order valence-corrected chi connectivity index (χ0v) is 16.8. The number of thioether (sulfide) groups is 1. The molecule has 0 saturated carbocycles. The fourth-order valence-corrected chi connectivity index (χ4v) is 4.58. The molecule has 0 aliphatic carbocycles. The molecule has 3 aromatic heterocycles. The van der Waals surface area contributed by atoms with Crippen LogP contribution in [0.2, 0.25) is 0 Å². The van der Waals surface area contributed by atoms with Crippen molar-refractivity contribution in [2.24, 2.45) is 0 Å². The third kappa shape index (κ3) is 3.48. The van der Waals surface area contributed by atoms with Gasteiger partial charge in [0.25, 0.3) is 5.91 Å². The quantitative estimate of drug-likeness (QED) is 0.443. The number of anilines is 1. The summed E-state index contributed by atoms with van der Waals surface area (Å²) in [4.78, 5) is 28.6. The van der Waals surface area contributed by atoms with Gasteiger partial charge in [0.05, 0.1) is 24.1 Å². The van der Waals surface area contributed by atoms with Gasteiger partial charge in [-0.1, -0.05) is 18.2 Å². The normalized spacial score (nSPS) is 12.8. The van der Waals surface area contributed by atoms with Gasteiger partial charge in [0.2, 0.25) is 5.91 Å². The Balaban J connectivity index is 1.36. The molecule has 0 unspecified atom stereocenters. The third-order valence-corrected chi connectivity index (χ3v) is 5.99. The SMILES string of the molecule is O=C(Cn1nc2c(c1NC(=O)c1c[nH]c3ccccc13)CSC2)NCc1ccco1. The number of aromatic amines is 1. The molecule has 1 aromatic carbocycles. The zero-order valence-electron chi connectivity index (χ0n) is 16.0. The van der Waals surface area contributed by atoms with E-state index in [0.717, 1.165) is 33.7 Å². The maximum atomic E-state index is 13.0. The van der Waals surface area contributed by atoms with E-state index in [4.69, 9.17) is 4.42 Å². The number of carbonyl (C=O) groups excluding carboxylic acids is 2. The predicted octanol–water partition coefficient (Wildman–Crippen LogP) is 3.27. The molecule has 4 aromatic rings. The van der Waals surface area contributed by atoms with Gasteiger partial charge >= 0.3 is 0 Å². The minimum Gasteiger partial charge on any atom is -0.467 e. The molecule has 5 rings (SSSR count). The van der Waals surface area contributed by atoms with E-state index in [-0.39, 0.29) is 18.4 Å². The van der Waals surface area contributed by atoms with E-state index < -0.39 is 0 Å². The third-order valence-electron chi connectivity index (χ3n) is 5.02. The highest BCUT2D eigenvalue weighted by Crippen LogP contribution is 2.35. The monoisotopic (exact) mass is 421 g/mol. The van der Waals surface area contributed by atoms with Crippen LogP contribution in [0.4, 0.5) is 5.82 Å². The summed E-state index contributed by atoms with van der Waals surface area (Å²) in [5, 5.41) is 11.2. The molecule has 0 bridgehead atoms. The smallest absolute Gasteiger partial charge is 0.258 e. The number of H-pyrrole nitrogens is 1. The first kappa shape index (κ1) is 18.6. The fourth-order valence-electron chi connectivity index (χ4n) is 3.55. The number of aromatic nitrogens is 3. The molecular weight excluding hydrogens is 402 g/mol. The lowest BCUT2D eigenvalue weighted by atomic mass is 10.1. The predicted molar refractivity (Wildman–Crippen MR) is 114 cm³/mol. The van der Waals surface area contributed by atoms with Crippen LogP contribution in [0.15, 0.2) is 53.3 Å². The summed E-state index contributed by atoms with van der Waals surface area (Å²) < 4.78 is 6.81. The molecule has 0 radical (unpaired) electrons. The standard InChI is InChI=1S/C21H19N5O3S/c27-19(23-8-13-4-3-7-29-13)10-26-20(16-11-30-12-18(16)25-26)24-21(28)15-9-22-17-6-2-1-5-14(15)17/h1-7,9,22H,8,10-12H2,(H,23,27)(H,24,28). The van der Waals surface area contributed by atoms with Crippen LogP contribution >= 0.6 is 11.8 Å². The molecule has 9 heteroatoms. The molecule has 152 valence electrons. The van der Waals surface area contributed by atoms with Gasteiger partial charge in [-0.15, -0.1) is 0 Å². The summed E-state index contributed by atoms with van der Waals surface area (Å²) in [6.07, 6.45) is 3.27. The van der Waals surface area contributed by atoms with Crippen LogP contribution in [-0.4, -0.2) is 26.6 Å². The number of fused-ring (bicyclic) bond motifs is 2. The van der Waals surface area contributed by atoms with Crippen LogP contribution < -0.4 is 10.6 Å². The first-order valence-electron chi connectivity index (χ1n) is 9.52. The lowest BCUT2D eigenvalue weighted by Gasteiger charge is -2.11. The first-order valence-corrected chi connectivity index (χ1v) is 10.7. The number of para-hydroxylation sites is 1. The van der Waals surface area contributed by atoms with E-state index in [0.29, 0.717) is 23.7 Å². The molecule has 30 heavy (non-hydrogen) atoms. The number of rotatable bonds is 6. The van der Waals surface area contributed by atoms with Crippen molar-refractivity contribution in [3.8, 4) is 0 Å². The van der Waals surface area contributed by atoms with E-state index >= 15 is 0 Å². The summed E-state index contributed by atoms with van der Waals surface area (Å²) in [7, 11) is 0. The molecule has 1 aliphatic rings. The Morgan fingerprint density at radius 2 is 2.10 bits per heavy atom. The van der Waals surface area contributed by atoms with Crippen molar-refractivity contribution >= 4 is 40.3 Å². The van der Waals surface area contributed by atoms with Gasteiger partial charge in [0.1, 0.15) is 18.1 Å². The summed E-state index contributed by atoms with van der Waals surface area (Å²) in [5.41, 5.74) is 3.34. The van der Waals surface area contributed by atoms with Gasteiger partial charge in [0.15, 0.2) is 0 Å². The maximum Gasteiger partial charge on any atom is 0.258 e. The lowest BCUT2D eigenvalue weighted by Crippen LogP contribution is -2.28. The van der Waals surface area contributed by atoms with Gasteiger partial charge < -0.3 is 20.0 Å². The topological polar surface area (TPSA) is 105 Å². The number of nitrogens with zero attached hydrogens (tertiary/aromatic N) is 2. The average Bonchev–Trinajstić information content (AvgIpc) is 3.52.